The molecule has 8 nitrogen and oxygen atoms in total. The maximum absolute atomic E-state index is 9.83. The summed E-state index contributed by atoms with van der Waals surface area (Å²) < 4.78 is 5.17. The van der Waals surface area contributed by atoms with Gasteiger partial charge in [0.15, 0.2) is 11.6 Å². The quantitative estimate of drug-likeness (QED) is 0.396. The van der Waals surface area contributed by atoms with Gasteiger partial charge in [-0.1, -0.05) is 12.1 Å². The van der Waals surface area contributed by atoms with Crippen LogP contribution < -0.4 is 25.8 Å². The van der Waals surface area contributed by atoms with E-state index in [0.717, 1.165) is 11.3 Å². The molecule has 2 heterocycles. The summed E-state index contributed by atoms with van der Waals surface area (Å²) in [4.78, 5) is 10.6. The standard InChI is InChI=1S/C17H23ClN6O2/c1-20-14-15(23-8-7-12(25)10-23)21-17(18)22-16(14)24(19)9-11-3-5-13(26-2)6-4-11/h3-6,12,20,25H,7-10,19H2,1-2H3. The fourth-order valence-corrected chi connectivity index (χ4v) is 3.17. The van der Waals surface area contributed by atoms with E-state index in [-0.39, 0.29) is 11.4 Å². The van der Waals surface area contributed by atoms with Gasteiger partial charge in [0.05, 0.1) is 19.8 Å². The molecule has 4 N–H and O–H groups in total. The lowest BCUT2D eigenvalue weighted by Crippen LogP contribution is -2.33. The van der Waals surface area contributed by atoms with Crippen LogP contribution in [0.3, 0.4) is 0 Å². The molecule has 1 aliphatic heterocycles. The highest BCUT2D eigenvalue weighted by atomic mass is 35.5. The largest absolute Gasteiger partial charge is 0.497 e. The first-order valence-corrected chi connectivity index (χ1v) is 8.73. The van der Waals surface area contributed by atoms with E-state index in [1.165, 1.54) is 5.01 Å². The Hall–Kier alpha value is -2.29. The molecule has 0 spiro atoms. The number of aliphatic hydroxyl groups is 1. The van der Waals surface area contributed by atoms with Gasteiger partial charge in [0.25, 0.3) is 0 Å². The molecule has 26 heavy (non-hydrogen) atoms. The SMILES string of the molecule is CNc1c(N(N)Cc2ccc(OC)cc2)nc(Cl)nc1N1CCC(O)C1. The van der Waals surface area contributed by atoms with Crippen molar-refractivity contribution >= 4 is 28.9 Å². The molecule has 1 atom stereocenters. The molecule has 0 aliphatic carbocycles. The molecule has 1 unspecified atom stereocenters. The highest BCUT2D eigenvalue weighted by molar-refractivity contribution is 6.28. The van der Waals surface area contributed by atoms with Gasteiger partial charge in [0.1, 0.15) is 11.4 Å². The van der Waals surface area contributed by atoms with E-state index < -0.39 is 0 Å². The van der Waals surface area contributed by atoms with E-state index in [1.807, 2.05) is 29.2 Å². The second-order valence-electron chi connectivity index (χ2n) is 6.13. The average Bonchev–Trinajstić information content (AvgIpc) is 3.08. The van der Waals surface area contributed by atoms with Crippen molar-refractivity contribution in [2.24, 2.45) is 5.84 Å². The number of ether oxygens (including phenoxy) is 1. The van der Waals surface area contributed by atoms with Crippen molar-refractivity contribution in [2.75, 3.05) is 42.5 Å². The molecular formula is C17H23ClN6O2. The minimum absolute atomic E-state index is 0.112. The van der Waals surface area contributed by atoms with E-state index in [9.17, 15) is 5.11 Å². The number of hydrogen-bond donors (Lipinski definition) is 3. The second-order valence-corrected chi connectivity index (χ2v) is 6.47. The van der Waals surface area contributed by atoms with Crippen molar-refractivity contribution in [2.45, 2.75) is 19.1 Å². The summed E-state index contributed by atoms with van der Waals surface area (Å²) in [5.41, 5.74) is 1.68. The van der Waals surface area contributed by atoms with E-state index in [1.54, 1.807) is 14.2 Å². The van der Waals surface area contributed by atoms with Crippen molar-refractivity contribution in [3.63, 3.8) is 0 Å². The Morgan fingerprint density at radius 3 is 2.69 bits per heavy atom. The van der Waals surface area contributed by atoms with Gasteiger partial charge in [-0.3, -0.25) is 5.01 Å². The normalized spacial score (nSPS) is 16.7. The molecule has 3 rings (SSSR count). The zero-order valence-electron chi connectivity index (χ0n) is 14.8. The van der Waals surface area contributed by atoms with Crippen LogP contribution in [0.2, 0.25) is 5.28 Å². The lowest BCUT2D eigenvalue weighted by molar-refractivity contribution is 0.198. The first-order valence-electron chi connectivity index (χ1n) is 8.35. The molecule has 0 radical (unpaired) electrons. The van der Waals surface area contributed by atoms with Crippen LogP contribution in [-0.4, -0.2) is 48.4 Å². The van der Waals surface area contributed by atoms with Crippen LogP contribution in [0, 0.1) is 0 Å². The number of anilines is 3. The van der Waals surface area contributed by atoms with E-state index in [2.05, 4.69) is 15.3 Å². The number of aliphatic hydroxyl groups excluding tert-OH is 1. The number of rotatable bonds is 6. The fraction of sp³-hybridized carbons (Fsp3) is 0.412. The van der Waals surface area contributed by atoms with Crippen molar-refractivity contribution in [3.05, 3.63) is 35.1 Å². The number of benzene rings is 1. The molecule has 0 amide bonds. The Kier molecular flexibility index (Phi) is 5.65. The van der Waals surface area contributed by atoms with E-state index in [4.69, 9.17) is 22.2 Å². The third-order valence-corrected chi connectivity index (χ3v) is 4.51. The topological polar surface area (TPSA) is 99.8 Å². The van der Waals surface area contributed by atoms with Crippen molar-refractivity contribution in [1.29, 1.82) is 0 Å². The summed E-state index contributed by atoms with van der Waals surface area (Å²) in [5.74, 6) is 8.21. The molecule has 140 valence electrons. The Balaban J connectivity index is 1.88. The summed E-state index contributed by atoms with van der Waals surface area (Å²) in [6.07, 6.45) is 0.323. The predicted molar refractivity (Wildman–Crippen MR) is 103 cm³/mol. The van der Waals surface area contributed by atoms with Crippen LogP contribution in [0.25, 0.3) is 0 Å². The fourth-order valence-electron chi connectivity index (χ4n) is 3.01. The zero-order chi connectivity index (χ0) is 18.7. The molecule has 1 aromatic carbocycles. The molecule has 1 aliphatic rings. The Labute approximate surface area is 157 Å². The maximum atomic E-state index is 9.83. The third-order valence-electron chi connectivity index (χ3n) is 4.34. The van der Waals surface area contributed by atoms with Crippen molar-refractivity contribution in [1.82, 2.24) is 9.97 Å². The Morgan fingerprint density at radius 1 is 1.38 bits per heavy atom. The molecule has 1 fully saturated rings. The molecule has 1 aromatic heterocycles. The Bertz CT molecular complexity index is 758. The summed E-state index contributed by atoms with van der Waals surface area (Å²) >= 11 is 6.14. The molecule has 1 saturated heterocycles. The van der Waals surface area contributed by atoms with Gasteiger partial charge in [0, 0.05) is 20.1 Å². The molecular weight excluding hydrogens is 356 g/mol. The number of nitrogens with zero attached hydrogens (tertiary/aromatic N) is 4. The average molecular weight is 379 g/mol. The lowest BCUT2D eigenvalue weighted by atomic mass is 10.2. The number of hydrazine groups is 1. The van der Waals surface area contributed by atoms with Crippen LogP contribution in [0.15, 0.2) is 24.3 Å². The summed E-state index contributed by atoms with van der Waals surface area (Å²) in [6.45, 7) is 1.64. The predicted octanol–water partition coefficient (Wildman–Crippen LogP) is 1.63. The molecule has 9 heteroatoms. The van der Waals surface area contributed by atoms with Crippen molar-refractivity contribution in [3.8, 4) is 5.75 Å². The maximum Gasteiger partial charge on any atom is 0.226 e. The monoisotopic (exact) mass is 378 g/mol. The number of hydrogen-bond acceptors (Lipinski definition) is 8. The first kappa shape index (κ1) is 18.5. The highest BCUT2D eigenvalue weighted by Gasteiger charge is 2.27. The van der Waals surface area contributed by atoms with E-state index >= 15 is 0 Å². The summed E-state index contributed by atoms with van der Waals surface area (Å²) in [6, 6.07) is 7.65. The van der Waals surface area contributed by atoms with Crippen LogP contribution in [0.1, 0.15) is 12.0 Å². The van der Waals surface area contributed by atoms with Crippen LogP contribution in [0.4, 0.5) is 17.3 Å². The van der Waals surface area contributed by atoms with Crippen LogP contribution in [-0.2, 0) is 6.54 Å². The molecule has 0 saturated carbocycles. The number of aromatic nitrogens is 2. The zero-order valence-corrected chi connectivity index (χ0v) is 15.6. The van der Waals surface area contributed by atoms with Gasteiger partial charge < -0.3 is 20.1 Å². The van der Waals surface area contributed by atoms with E-state index in [0.29, 0.717) is 43.4 Å². The number of halogens is 1. The molecule has 0 bridgehead atoms. The number of nitrogens with two attached hydrogens (primary N) is 1. The molecule has 2 aromatic rings. The lowest BCUT2D eigenvalue weighted by Gasteiger charge is -2.25. The minimum atomic E-state index is -0.370. The van der Waals surface area contributed by atoms with Crippen LogP contribution in [0.5, 0.6) is 5.75 Å². The number of nitrogens with one attached hydrogen (secondary N) is 1. The third kappa shape index (κ3) is 3.92. The first-order chi connectivity index (χ1) is 12.5. The van der Waals surface area contributed by atoms with Crippen LogP contribution >= 0.6 is 11.6 Å². The smallest absolute Gasteiger partial charge is 0.226 e. The van der Waals surface area contributed by atoms with Gasteiger partial charge in [-0.2, -0.15) is 9.97 Å². The van der Waals surface area contributed by atoms with Crippen molar-refractivity contribution < 1.29 is 9.84 Å². The summed E-state index contributed by atoms with van der Waals surface area (Å²) in [7, 11) is 3.41. The van der Waals surface area contributed by atoms with Gasteiger partial charge in [0.2, 0.25) is 5.28 Å². The van der Waals surface area contributed by atoms with Gasteiger partial charge in [-0.05, 0) is 35.7 Å². The van der Waals surface area contributed by atoms with Gasteiger partial charge in [-0.25, -0.2) is 5.84 Å². The second kappa shape index (κ2) is 7.94. The highest BCUT2D eigenvalue weighted by Crippen LogP contribution is 2.35. The summed E-state index contributed by atoms with van der Waals surface area (Å²) in [5, 5.41) is 14.6. The Morgan fingerprint density at radius 2 is 2.12 bits per heavy atom. The number of β-amino-alcohol motifs (C(OH)–C–C–N with tert-alkyl or cyclic N) is 1. The minimum Gasteiger partial charge on any atom is -0.497 e. The van der Waals surface area contributed by atoms with Gasteiger partial charge in [-0.15, -0.1) is 0 Å². The number of methoxy groups -OCH3 is 1. The van der Waals surface area contributed by atoms with Gasteiger partial charge >= 0.3 is 0 Å².